The molecule has 2 nitrogen and oxygen atoms in total. The largest absolute Gasteiger partial charge is 0.370 e. The number of fused-ring (bicyclic) bond motifs is 1. The smallest absolute Gasteiger partial charge is 0.0402 e. The molecule has 1 aliphatic heterocycles. The molecule has 0 bridgehead atoms. The molecule has 1 aliphatic carbocycles. The molecule has 0 spiro atoms. The summed E-state index contributed by atoms with van der Waals surface area (Å²) in [7, 11) is 0. The van der Waals surface area contributed by atoms with Gasteiger partial charge < -0.3 is 10.2 Å². The lowest BCUT2D eigenvalue weighted by molar-refractivity contribution is 0.502. The van der Waals surface area contributed by atoms with Crippen molar-refractivity contribution in [1.82, 2.24) is 5.32 Å². The van der Waals surface area contributed by atoms with Gasteiger partial charge in [-0.25, -0.2) is 0 Å². The maximum atomic E-state index is 3.72. The van der Waals surface area contributed by atoms with Gasteiger partial charge in [-0.05, 0) is 62.3 Å². The Hall–Kier alpha value is -1.02. The summed E-state index contributed by atoms with van der Waals surface area (Å²) in [5, 5.41) is 3.72. The van der Waals surface area contributed by atoms with Crippen molar-refractivity contribution in [2.45, 2.75) is 57.9 Å². The molecule has 20 heavy (non-hydrogen) atoms. The van der Waals surface area contributed by atoms with Gasteiger partial charge in [0.25, 0.3) is 0 Å². The predicted molar refractivity (Wildman–Crippen MR) is 86.6 cm³/mol. The van der Waals surface area contributed by atoms with Gasteiger partial charge in [-0.15, -0.1) is 0 Å². The fraction of sp³-hybridized carbons (Fsp3) is 0.667. The third-order valence-corrected chi connectivity index (χ3v) is 4.83. The van der Waals surface area contributed by atoms with Crippen LogP contribution in [-0.4, -0.2) is 25.7 Å². The van der Waals surface area contributed by atoms with Crippen LogP contribution in [0.25, 0.3) is 0 Å². The van der Waals surface area contributed by atoms with Crippen molar-refractivity contribution >= 4 is 5.69 Å². The van der Waals surface area contributed by atoms with E-state index in [1.807, 2.05) is 0 Å². The zero-order chi connectivity index (χ0) is 13.8. The summed E-state index contributed by atoms with van der Waals surface area (Å²) in [6, 6.07) is 7.64. The van der Waals surface area contributed by atoms with Gasteiger partial charge in [0.15, 0.2) is 0 Å². The van der Waals surface area contributed by atoms with Gasteiger partial charge in [-0.2, -0.15) is 0 Å². The molecule has 0 aromatic heterocycles. The number of nitrogens with zero attached hydrogens (tertiary/aromatic N) is 1. The summed E-state index contributed by atoms with van der Waals surface area (Å²) in [5.41, 5.74) is 4.79. The van der Waals surface area contributed by atoms with E-state index in [4.69, 9.17) is 0 Å². The average Bonchev–Trinajstić information content (AvgIpc) is 2.73. The van der Waals surface area contributed by atoms with Crippen molar-refractivity contribution in [2.24, 2.45) is 0 Å². The van der Waals surface area contributed by atoms with Gasteiger partial charge in [-0.1, -0.05) is 25.5 Å². The molecule has 1 saturated heterocycles. The molecular formula is C18H28N2. The van der Waals surface area contributed by atoms with Crippen LogP contribution in [0.5, 0.6) is 0 Å². The van der Waals surface area contributed by atoms with Crippen molar-refractivity contribution in [3.8, 4) is 0 Å². The van der Waals surface area contributed by atoms with E-state index in [2.05, 4.69) is 35.3 Å². The van der Waals surface area contributed by atoms with Crippen molar-refractivity contribution in [3.05, 3.63) is 29.3 Å². The summed E-state index contributed by atoms with van der Waals surface area (Å²) < 4.78 is 0. The Morgan fingerprint density at radius 3 is 3.00 bits per heavy atom. The van der Waals surface area contributed by atoms with Crippen LogP contribution in [0.3, 0.4) is 0 Å². The van der Waals surface area contributed by atoms with E-state index < -0.39 is 0 Å². The van der Waals surface area contributed by atoms with Crippen molar-refractivity contribution < 1.29 is 0 Å². The zero-order valence-corrected chi connectivity index (χ0v) is 12.8. The van der Waals surface area contributed by atoms with E-state index in [0.717, 1.165) is 0 Å². The Labute approximate surface area is 123 Å². The molecule has 1 fully saturated rings. The number of rotatable bonds is 3. The standard InChI is InChI=1S/C18H28N2/c1-2-7-16-14-20(13-6-12-19-16)18-11-5-9-15-8-3-4-10-17(15)18/h5,9,11,16,19H,2-4,6-8,10,12-14H2,1H3. The van der Waals surface area contributed by atoms with Crippen LogP contribution in [-0.2, 0) is 12.8 Å². The van der Waals surface area contributed by atoms with E-state index in [1.54, 1.807) is 11.1 Å². The van der Waals surface area contributed by atoms with Crippen molar-refractivity contribution in [3.63, 3.8) is 0 Å². The third-order valence-electron chi connectivity index (χ3n) is 4.83. The lowest BCUT2D eigenvalue weighted by Crippen LogP contribution is -2.38. The second kappa shape index (κ2) is 6.62. The quantitative estimate of drug-likeness (QED) is 0.905. The van der Waals surface area contributed by atoms with Gasteiger partial charge in [0.1, 0.15) is 0 Å². The molecule has 0 radical (unpaired) electrons. The van der Waals surface area contributed by atoms with Crippen molar-refractivity contribution in [2.75, 3.05) is 24.5 Å². The minimum Gasteiger partial charge on any atom is -0.370 e. The van der Waals surface area contributed by atoms with E-state index in [9.17, 15) is 0 Å². The van der Waals surface area contributed by atoms with Crippen molar-refractivity contribution in [1.29, 1.82) is 0 Å². The van der Waals surface area contributed by atoms with Crippen LogP contribution < -0.4 is 10.2 Å². The van der Waals surface area contributed by atoms with Crippen LogP contribution in [0.15, 0.2) is 18.2 Å². The summed E-state index contributed by atoms with van der Waals surface area (Å²) >= 11 is 0. The van der Waals surface area contributed by atoms with Gasteiger partial charge in [0, 0.05) is 24.8 Å². The number of hydrogen-bond donors (Lipinski definition) is 1. The number of benzene rings is 1. The lowest BCUT2D eigenvalue weighted by Gasteiger charge is -2.30. The Bertz CT molecular complexity index is 441. The molecule has 110 valence electrons. The summed E-state index contributed by atoms with van der Waals surface area (Å²) in [6.45, 7) is 5.87. The molecule has 1 aromatic rings. The monoisotopic (exact) mass is 272 g/mol. The minimum absolute atomic E-state index is 0.668. The molecule has 1 atom stereocenters. The Morgan fingerprint density at radius 1 is 1.20 bits per heavy atom. The molecule has 2 aliphatic rings. The average molecular weight is 272 g/mol. The molecule has 2 heteroatoms. The zero-order valence-electron chi connectivity index (χ0n) is 12.8. The summed E-state index contributed by atoms with van der Waals surface area (Å²) in [5.74, 6) is 0. The van der Waals surface area contributed by atoms with Crippen LogP contribution in [0.1, 0.15) is 50.2 Å². The topological polar surface area (TPSA) is 15.3 Å². The normalized spacial score (nSPS) is 23.2. The second-order valence-electron chi connectivity index (χ2n) is 6.36. The molecular weight excluding hydrogens is 244 g/mol. The summed E-state index contributed by atoms with van der Waals surface area (Å²) in [6.07, 6.45) is 9.15. The molecule has 0 saturated carbocycles. The number of aryl methyl sites for hydroxylation is 1. The SMILES string of the molecule is CCCC1CN(c2cccc3c2CCCC3)CCCN1. The van der Waals surface area contributed by atoms with E-state index in [1.165, 1.54) is 70.3 Å². The van der Waals surface area contributed by atoms with E-state index in [-0.39, 0.29) is 0 Å². The number of hydrogen-bond acceptors (Lipinski definition) is 2. The van der Waals surface area contributed by atoms with E-state index in [0.29, 0.717) is 6.04 Å². The Balaban J connectivity index is 1.83. The maximum absolute atomic E-state index is 3.72. The summed E-state index contributed by atoms with van der Waals surface area (Å²) in [4.78, 5) is 2.66. The first kappa shape index (κ1) is 13.9. The molecule has 1 aromatic carbocycles. The fourth-order valence-corrected chi connectivity index (χ4v) is 3.82. The molecule has 1 N–H and O–H groups in total. The van der Waals surface area contributed by atoms with Crippen LogP contribution >= 0.6 is 0 Å². The fourth-order valence-electron chi connectivity index (χ4n) is 3.82. The second-order valence-corrected chi connectivity index (χ2v) is 6.36. The molecule has 1 heterocycles. The Kier molecular flexibility index (Phi) is 4.62. The highest BCUT2D eigenvalue weighted by molar-refractivity contribution is 5.58. The first-order chi connectivity index (χ1) is 9.88. The van der Waals surface area contributed by atoms with Gasteiger partial charge in [-0.3, -0.25) is 0 Å². The minimum atomic E-state index is 0.668. The lowest BCUT2D eigenvalue weighted by atomic mass is 9.90. The maximum Gasteiger partial charge on any atom is 0.0402 e. The van der Waals surface area contributed by atoms with Gasteiger partial charge >= 0.3 is 0 Å². The first-order valence-electron chi connectivity index (χ1n) is 8.47. The van der Waals surface area contributed by atoms with Gasteiger partial charge in [0.2, 0.25) is 0 Å². The number of nitrogens with one attached hydrogen (secondary N) is 1. The van der Waals surface area contributed by atoms with Crippen LogP contribution in [0.2, 0.25) is 0 Å². The molecule has 1 unspecified atom stereocenters. The predicted octanol–water partition coefficient (Wildman–Crippen LogP) is 3.53. The number of anilines is 1. The highest BCUT2D eigenvalue weighted by Gasteiger charge is 2.21. The van der Waals surface area contributed by atoms with Crippen LogP contribution in [0, 0.1) is 0 Å². The molecule has 0 amide bonds. The molecule has 3 rings (SSSR count). The Morgan fingerprint density at radius 2 is 2.10 bits per heavy atom. The van der Waals surface area contributed by atoms with Crippen LogP contribution in [0.4, 0.5) is 5.69 Å². The first-order valence-corrected chi connectivity index (χ1v) is 8.47. The highest BCUT2D eigenvalue weighted by atomic mass is 15.2. The third kappa shape index (κ3) is 3.01. The van der Waals surface area contributed by atoms with Gasteiger partial charge in [0.05, 0.1) is 0 Å². The van der Waals surface area contributed by atoms with E-state index >= 15 is 0 Å². The highest BCUT2D eigenvalue weighted by Crippen LogP contribution is 2.31.